The molecule has 2 heterocycles. The zero-order valence-corrected chi connectivity index (χ0v) is 18.0. The Balaban J connectivity index is 1.54. The van der Waals surface area contributed by atoms with E-state index in [1.807, 2.05) is 24.3 Å². The number of methoxy groups -OCH3 is 1. The summed E-state index contributed by atoms with van der Waals surface area (Å²) in [7, 11) is 3.81. The van der Waals surface area contributed by atoms with Gasteiger partial charge in [0.15, 0.2) is 5.60 Å². The smallest absolute Gasteiger partial charge is 0.252 e. The number of ether oxygens (including phenoxy) is 2. The van der Waals surface area contributed by atoms with E-state index in [1.54, 1.807) is 7.11 Å². The Hall–Kier alpha value is -2.37. The zero-order valence-electron chi connectivity index (χ0n) is 18.0. The van der Waals surface area contributed by atoms with E-state index in [9.17, 15) is 4.79 Å². The molecule has 0 aliphatic carbocycles. The SMILES string of the molecule is COc1ccccc1-c1cccc(C[C@@]2(C(=O)N[C@H]3CCCN(C)C3)CCCO2)c1. The number of para-hydroxylation sites is 1. The normalized spacial score (nSPS) is 24.5. The highest BCUT2D eigenvalue weighted by Crippen LogP contribution is 2.34. The largest absolute Gasteiger partial charge is 0.496 e. The lowest BCUT2D eigenvalue weighted by molar-refractivity contribution is -0.142. The molecule has 5 heteroatoms. The third-order valence-electron chi connectivity index (χ3n) is 6.31. The molecule has 5 nitrogen and oxygen atoms in total. The van der Waals surface area contributed by atoms with Crippen LogP contribution in [0.4, 0.5) is 0 Å². The van der Waals surface area contributed by atoms with E-state index >= 15 is 0 Å². The summed E-state index contributed by atoms with van der Waals surface area (Å²) in [6.07, 6.45) is 4.43. The molecule has 1 amide bonds. The maximum atomic E-state index is 13.3. The first-order valence-corrected chi connectivity index (χ1v) is 11.0. The van der Waals surface area contributed by atoms with Crippen LogP contribution < -0.4 is 10.1 Å². The molecule has 0 saturated carbocycles. The Morgan fingerprint density at radius 2 is 2.10 bits per heavy atom. The number of nitrogens with zero attached hydrogens (tertiary/aromatic N) is 1. The van der Waals surface area contributed by atoms with Gasteiger partial charge in [-0.2, -0.15) is 0 Å². The molecule has 2 aliphatic heterocycles. The molecule has 0 spiro atoms. The number of likely N-dealkylation sites (N-methyl/N-ethyl adjacent to an activating group) is 1. The van der Waals surface area contributed by atoms with Gasteiger partial charge < -0.3 is 19.7 Å². The summed E-state index contributed by atoms with van der Waals surface area (Å²) in [6, 6.07) is 16.6. The Bertz CT molecular complexity index is 876. The van der Waals surface area contributed by atoms with Crippen LogP contribution in [-0.2, 0) is 16.0 Å². The van der Waals surface area contributed by atoms with E-state index in [4.69, 9.17) is 9.47 Å². The van der Waals surface area contributed by atoms with Crippen molar-refractivity contribution in [2.45, 2.75) is 43.7 Å². The van der Waals surface area contributed by atoms with Crippen molar-refractivity contribution in [2.24, 2.45) is 0 Å². The van der Waals surface area contributed by atoms with Crippen LogP contribution in [0.15, 0.2) is 48.5 Å². The second kappa shape index (κ2) is 9.19. The number of hydrogen-bond donors (Lipinski definition) is 1. The van der Waals surface area contributed by atoms with E-state index in [0.29, 0.717) is 13.0 Å². The van der Waals surface area contributed by atoms with Crippen molar-refractivity contribution in [1.29, 1.82) is 0 Å². The van der Waals surface area contributed by atoms with Crippen LogP contribution in [0.3, 0.4) is 0 Å². The fourth-order valence-corrected chi connectivity index (χ4v) is 4.76. The molecule has 0 unspecified atom stereocenters. The summed E-state index contributed by atoms with van der Waals surface area (Å²) < 4.78 is 11.6. The molecular weight excluding hydrogens is 376 g/mol. The van der Waals surface area contributed by atoms with Crippen LogP contribution in [0.1, 0.15) is 31.2 Å². The van der Waals surface area contributed by atoms with E-state index in [0.717, 1.165) is 61.2 Å². The highest BCUT2D eigenvalue weighted by Gasteiger charge is 2.43. The molecule has 0 bridgehead atoms. The Labute approximate surface area is 179 Å². The number of benzene rings is 2. The number of carbonyl (C=O) groups excluding carboxylic acids is 1. The number of hydrogen-bond acceptors (Lipinski definition) is 4. The van der Waals surface area contributed by atoms with Crippen molar-refractivity contribution in [3.05, 3.63) is 54.1 Å². The van der Waals surface area contributed by atoms with E-state index < -0.39 is 5.60 Å². The van der Waals surface area contributed by atoms with Crippen molar-refractivity contribution < 1.29 is 14.3 Å². The minimum atomic E-state index is -0.768. The zero-order chi connectivity index (χ0) is 21.0. The quantitative estimate of drug-likeness (QED) is 0.793. The molecule has 2 aromatic carbocycles. The van der Waals surface area contributed by atoms with Crippen LogP contribution in [-0.4, -0.2) is 56.3 Å². The van der Waals surface area contributed by atoms with Gasteiger partial charge >= 0.3 is 0 Å². The number of carbonyl (C=O) groups is 1. The van der Waals surface area contributed by atoms with Gasteiger partial charge in [0.25, 0.3) is 5.91 Å². The van der Waals surface area contributed by atoms with Crippen LogP contribution in [0.2, 0.25) is 0 Å². The number of amides is 1. The minimum absolute atomic E-state index is 0.0444. The molecule has 2 atom stereocenters. The molecule has 0 radical (unpaired) electrons. The van der Waals surface area contributed by atoms with Crippen molar-refractivity contribution in [3.63, 3.8) is 0 Å². The number of rotatable bonds is 6. The summed E-state index contributed by atoms with van der Waals surface area (Å²) in [5, 5.41) is 3.29. The highest BCUT2D eigenvalue weighted by molar-refractivity contribution is 5.86. The summed E-state index contributed by atoms with van der Waals surface area (Å²) in [5.41, 5.74) is 2.48. The van der Waals surface area contributed by atoms with Crippen LogP contribution in [0.25, 0.3) is 11.1 Å². The van der Waals surface area contributed by atoms with Gasteiger partial charge in [-0.25, -0.2) is 0 Å². The van der Waals surface area contributed by atoms with Crippen molar-refractivity contribution >= 4 is 5.91 Å². The molecule has 2 fully saturated rings. The van der Waals surface area contributed by atoms with E-state index in [1.165, 1.54) is 0 Å². The summed E-state index contributed by atoms with van der Waals surface area (Å²) in [6.45, 7) is 2.65. The van der Waals surface area contributed by atoms with Crippen LogP contribution in [0, 0.1) is 0 Å². The van der Waals surface area contributed by atoms with E-state index in [-0.39, 0.29) is 11.9 Å². The number of nitrogens with one attached hydrogen (secondary N) is 1. The van der Waals surface area contributed by atoms with Gasteiger partial charge in [0, 0.05) is 31.2 Å². The lowest BCUT2D eigenvalue weighted by Gasteiger charge is -2.34. The lowest BCUT2D eigenvalue weighted by Crippen LogP contribution is -2.54. The number of piperidine rings is 1. The monoisotopic (exact) mass is 408 g/mol. The van der Waals surface area contributed by atoms with Crippen molar-refractivity contribution in [3.8, 4) is 16.9 Å². The molecule has 2 aromatic rings. The van der Waals surface area contributed by atoms with Gasteiger partial charge in [-0.15, -0.1) is 0 Å². The maximum absolute atomic E-state index is 13.3. The fraction of sp³-hybridized carbons (Fsp3) is 0.480. The van der Waals surface area contributed by atoms with Gasteiger partial charge in [0.2, 0.25) is 0 Å². The molecular formula is C25H32N2O3. The standard InChI is InChI=1S/C25H32N2O3/c1-27-14-6-10-21(18-27)26-24(28)25(13-7-15-30-25)17-19-8-5-9-20(16-19)22-11-3-4-12-23(22)29-2/h3-5,8-9,11-12,16,21H,6-7,10,13-15,17-18H2,1-2H3,(H,26,28)/t21-,25+/m0/s1. The highest BCUT2D eigenvalue weighted by atomic mass is 16.5. The van der Waals surface area contributed by atoms with Crippen molar-refractivity contribution in [2.75, 3.05) is 33.9 Å². The minimum Gasteiger partial charge on any atom is -0.496 e. The summed E-state index contributed by atoms with van der Waals surface area (Å²) in [4.78, 5) is 15.6. The Morgan fingerprint density at radius 1 is 1.23 bits per heavy atom. The van der Waals surface area contributed by atoms with Gasteiger partial charge in [-0.1, -0.05) is 42.5 Å². The first kappa shape index (κ1) is 20.9. The third kappa shape index (κ3) is 4.52. The van der Waals surface area contributed by atoms with Crippen molar-refractivity contribution in [1.82, 2.24) is 10.2 Å². The second-order valence-electron chi connectivity index (χ2n) is 8.60. The average molecular weight is 409 g/mol. The average Bonchev–Trinajstić information content (AvgIpc) is 3.24. The summed E-state index contributed by atoms with van der Waals surface area (Å²) >= 11 is 0. The van der Waals surface area contributed by atoms with Gasteiger partial charge in [-0.05, 0) is 56.5 Å². The predicted molar refractivity (Wildman–Crippen MR) is 119 cm³/mol. The van der Waals surface area contributed by atoms with E-state index in [2.05, 4.69) is 41.5 Å². The van der Waals surface area contributed by atoms with Gasteiger partial charge in [0.05, 0.1) is 7.11 Å². The maximum Gasteiger partial charge on any atom is 0.252 e. The summed E-state index contributed by atoms with van der Waals surface area (Å²) in [5.74, 6) is 0.892. The molecule has 2 saturated heterocycles. The Morgan fingerprint density at radius 3 is 2.87 bits per heavy atom. The second-order valence-corrected chi connectivity index (χ2v) is 8.60. The first-order chi connectivity index (χ1) is 14.6. The van der Waals surface area contributed by atoms with Gasteiger partial charge in [0.1, 0.15) is 5.75 Å². The third-order valence-corrected chi connectivity index (χ3v) is 6.31. The van der Waals surface area contributed by atoms with Crippen LogP contribution in [0.5, 0.6) is 5.75 Å². The first-order valence-electron chi connectivity index (χ1n) is 11.0. The molecule has 0 aromatic heterocycles. The van der Waals surface area contributed by atoms with Crippen LogP contribution >= 0.6 is 0 Å². The number of likely N-dealkylation sites (tertiary alicyclic amines) is 1. The fourth-order valence-electron chi connectivity index (χ4n) is 4.76. The molecule has 160 valence electrons. The molecule has 30 heavy (non-hydrogen) atoms. The Kier molecular flexibility index (Phi) is 6.40. The lowest BCUT2D eigenvalue weighted by atomic mass is 9.88. The van der Waals surface area contributed by atoms with Gasteiger partial charge in [-0.3, -0.25) is 4.79 Å². The molecule has 1 N–H and O–H groups in total. The predicted octanol–water partition coefficient (Wildman–Crippen LogP) is 3.66. The topological polar surface area (TPSA) is 50.8 Å². The molecule has 4 rings (SSSR count). The molecule has 2 aliphatic rings.